The molecule has 0 heterocycles. The summed E-state index contributed by atoms with van der Waals surface area (Å²) < 4.78 is 32.0. The van der Waals surface area contributed by atoms with Gasteiger partial charge < -0.3 is 10.1 Å². The van der Waals surface area contributed by atoms with Crippen LogP contribution in [0.1, 0.15) is 18.9 Å². The summed E-state index contributed by atoms with van der Waals surface area (Å²) in [6.45, 7) is 3.19. The first-order valence-corrected chi connectivity index (χ1v) is 11.3. The second-order valence-electron chi connectivity index (χ2n) is 7.11. The molecule has 0 aromatic heterocycles. The van der Waals surface area contributed by atoms with Gasteiger partial charge in [0, 0.05) is 17.6 Å². The van der Waals surface area contributed by atoms with Crippen molar-refractivity contribution in [2.24, 2.45) is 0 Å². The van der Waals surface area contributed by atoms with Gasteiger partial charge in [-0.05, 0) is 37.4 Å². The smallest absolute Gasteiger partial charge is 0.307 e. The number of fused-ring (bicyclic) bond motifs is 1. The number of aryl methyl sites for hydroxylation is 1. The Labute approximate surface area is 181 Å². The van der Waals surface area contributed by atoms with Crippen LogP contribution in [0.2, 0.25) is 0 Å². The highest BCUT2D eigenvalue weighted by Crippen LogP contribution is 2.23. The summed E-state index contributed by atoms with van der Waals surface area (Å²) in [5, 5.41) is 4.62. The van der Waals surface area contributed by atoms with Crippen molar-refractivity contribution in [3.63, 3.8) is 0 Å². The van der Waals surface area contributed by atoms with Gasteiger partial charge in [0.2, 0.25) is 10.0 Å². The lowest BCUT2D eigenvalue weighted by Gasteiger charge is -2.15. The lowest BCUT2D eigenvalue weighted by Crippen LogP contribution is -2.32. The third-order valence-electron chi connectivity index (χ3n) is 4.68. The predicted octanol–water partition coefficient (Wildman–Crippen LogP) is 3.39. The van der Waals surface area contributed by atoms with E-state index in [1.165, 1.54) is 19.1 Å². The summed E-state index contributed by atoms with van der Waals surface area (Å²) in [5.41, 5.74) is 1.56. The minimum atomic E-state index is -3.72. The average Bonchev–Trinajstić information content (AvgIpc) is 2.74. The van der Waals surface area contributed by atoms with Crippen LogP contribution >= 0.6 is 0 Å². The zero-order chi connectivity index (χ0) is 22.4. The maximum atomic E-state index is 12.4. The fraction of sp³-hybridized carbons (Fsp3) is 0.217. The van der Waals surface area contributed by atoms with Gasteiger partial charge in [-0.25, -0.2) is 13.1 Å². The van der Waals surface area contributed by atoms with Crippen molar-refractivity contribution in [2.75, 3.05) is 11.9 Å². The summed E-state index contributed by atoms with van der Waals surface area (Å²) in [7, 11) is -3.72. The number of rotatable bonds is 8. The van der Waals surface area contributed by atoms with E-state index in [1.54, 1.807) is 18.2 Å². The van der Waals surface area contributed by atoms with Gasteiger partial charge >= 0.3 is 5.97 Å². The van der Waals surface area contributed by atoms with E-state index in [9.17, 15) is 18.0 Å². The molecule has 0 saturated carbocycles. The van der Waals surface area contributed by atoms with Gasteiger partial charge in [0.15, 0.2) is 6.10 Å². The number of carbonyl (C=O) groups excluding carboxylic acids is 2. The summed E-state index contributed by atoms with van der Waals surface area (Å²) >= 11 is 0. The first-order valence-electron chi connectivity index (χ1n) is 9.81. The maximum Gasteiger partial charge on any atom is 0.307 e. The molecule has 0 saturated heterocycles. The van der Waals surface area contributed by atoms with Crippen LogP contribution in [0.15, 0.2) is 71.6 Å². The Morgan fingerprint density at radius 3 is 2.39 bits per heavy atom. The minimum Gasteiger partial charge on any atom is -0.452 e. The molecular formula is C23H24N2O5S. The first kappa shape index (κ1) is 22.5. The highest BCUT2D eigenvalue weighted by Gasteiger charge is 2.20. The van der Waals surface area contributed by atoms with Crippen LogP contribution in [0.4, 0.5) is 5.69 Å². The molecule has 0 aliphatic carbocycles. The molecule has 3 aromatic rings. The summed E-state index contributed by atoms with van der Waals surface area (Å²) in [5.74, 6) is -1.14. The predicted molar refractivity (Wildman–Crippen MR) is 119 cm³/mol. The molecule has 1 amide bonds. The summed E-state index contributed by atoms with van der Waals surface area (Å²) in [6.07, 6.45) is -1.23. The Kier molecular flexibility index (Phi) is 7.04. The number of esters is 1. The molecule has 1 atom stereocenters. The summed E-state index contributed by atoms with van der Waals surface area (Å²) in [4.78, 5) is 24.6. The molecule has 2 N–H and O–H groups in total. The first-order chi connectivity index (χ1) is 14.8. The van der Waals surface area contributed by atoms with Crippen LogP contribution in [0.3, 0.4) is 0 Å². The fourth-order valence-corrected chi connectivity index (χ4v) is 4.00. The number of nitrogens with one attached hydrogen (secondary N) is 2. The number of carbonyl (C=O) groups is 2. The molecule has 162 valence electrons. The van der Waals surface area contributed by atoms with Crippen LogP contribution in [-0.2, 0) is 24.3 Å². The number of amides is 1. The molecule has 3 aromatic carbocycles. The van der Waals surface area contributed by atoms with E-state index in [4.69, 9.17) is 4.74 Å². The zero-order valence-corrected chi connectivity index (χ0v) is 18.1. The van der Waals surface area contributed by atoms with Gasteiger partial charge in [0.25, 0.3) is 5.91 Å². The van der Waals surface area contributed by atoms with Gasteiger partial charge in [0.05, 0.1) is 11.3 Å². The number of sulfonamides is 1. The van der Waals surface area contributed by atoms with Crippen LogP contribution in [0, 0.1) is 6.92 Å². The van der Waals surface area contributed by atoms with Crippen molar-refractivity contribution in [3.8, 4) is 0 Å². The molecule has 0 radical (unpaired) electrons. The Morgan fingerprint density at radius 2 is 1.65 bits per heavy atom. The van der Waals surface area contributed by atoms with E-state index < -0.39 is 28.0 Å². The normalized spacial score (nSPS) is 12.3. The Balaban J connectivity index is 1.50. The van der Waals surface area contributed by atoms with Gasteiger partial charge in [-0.1, -0.05) is 54.1 Å². The van der Waals surface area contributed by atoms with Crippen LogP contribution < -0.4 is 10.0 Å². The van der Waals surface area contributed by atoms with E-state index in [1.807, 2.05) is 43.3 Å². The van der Waals surface area contributed by atoms with Crippen molar-refractivity contribution in [1.29, 1.82) is 0 Å². The second kappa shape index (κ2) is 9.72. The monoisotopic (exact) mass is 440 g/mol. The van der Waals surface area contributed by atoms with Crippen LogP contribution in [0.5, 0.6) is 0 Å². The second-order valence-corrected chi connectivity index (χ2v) is 8.88. The number of anilines is 1. The molecule has 31 heavy (non-hydrogen) atoms. The largest absolute Gasteiger partial charge is 0.452 e. The standard InChI is InChI=1S/C23H24N2O5S/c1-16-10-12-19(13-11-16)31(28,29)24-15-14-22(26)30-17(2)23(27)25-21-9-5-7-18-6-3-4-8-20(18)21/h3-13,17,24H,14-15H2,1-2H3,(H,25,27). The van der Waals surface area contributed by atoms with Crippen molar-refractivity contribution in [3.05, 3.63) is 72.3 Å². The van der Waals surface area contributed by atoms with E-state index in [0.717, 1.165) is 16.3 Å². The minimum absolute atomic E-state index is 0.120. The number of hydrogen-bond donors (Lipinski definition) is 2. The molecule has 0 aliphatic rings. The highest BCUT2D eigenvalue weighted by molar-refractivity contribution is 7.89. The van der Waals surface area contributed by atoms with Crippen molar-refractivity contribution in [2.45, 2.75) is 31.3 Å². The van der Waals surface area contributed by atoms with Crippen molar-refractivity contribution >= 4 is 38.4 Å². The maximum absolute atomic E-state index is 12.4. The molecule has 0 spiro atoms. The highest BCUT2D eigenvalue weighted by atomic mass is 32.2. The number of ether oxygens (including phenoxy) is 1. The molecule has 1 unspecified atom stereocenters. The van der Waals surface area contributed by atoms with E-state index in [0.29, 0.717) is 5.69 Å². The zero-order valence-electron chi connectivity index (χ0n) is 17.3. The van der Waals surface area contributed by atoms with E-state index in [2.05, 4.69) is 10.0 Å². The lowest BCUT2D eigenvalue weighted by molar-refractivity contribution is -0.152. The van der Waals surface area contributed by atoms with Crippen LogP contribution in [0.25, 0.3) is 10.8 Å². The Bertz CT molecular complexity index is 1180. The van der Waals surface area contributed by atoms with E-state index in [-0.39, 0.29) is 17.9 Å². The number of hydrogen-bond acceptors (Lipinski definition) is 5. The van der Waals surface area contributed by atoms with Gasteiger partial charge in [0.1, 0.15) is 0 Å². The Hall–Kier alpha value is -3.23. The molecular weight excluding hydrogens is 416 g/mol. The molecule has 0 aliphatic heterocycles. The molecule has 8 heteroatoms. The third kappa shape index (κ3) is 5.90. The van der Waals surface area contributed by atoms with E-state index >= 15 is 0 Å². The quantitative estimate of drug-likeness (QED) is 0.523. The Morgan fingerprint density at radius 1 is 0.968 bits per heavy atom. The molecule has 3 rings (SSSR count). The molecule has 0 fully saturated rings. The topological polar surface area (TPSA) is 102 Å². The van der Waals surface area contributed by atoms with Gasteiger partial charge in [-0.2, -0.15) is 0 Å². The van der Waals surface area contributed by atoms with Gasteiger partial charge in [-0.15, -0.1) is 0 Å². The fourth-order valence-electron chi connectivity index (χ4n) is 2.97. The molecule has 0 bridgehead atoms. The van der Waals surface area contributed by atoms with Gasteiger partial charge in [-0.3, -0.25) is 9.59 Å². The molecule has 7 nitrogen and oxygen atoms in total. The van der Waals surface area contributed by atoms with Crippen molar-refractivity contribution in [1.82, 2.24) is 4.72 Å². The van der Waals surface area contributed by atoms with Crippen LogP contribution in [-0.4, -0.2) is 32.9 Å². The van der Waals surface area contributed by atoms with Crippen molar-refractivity contribution < 1.29 is 22.7 Å². The SMILES string of the molecule is Cc1ccc(S(=O)(=O)NCCC(=O)OC(C)C(=O)Nc2cccc3ccccc23)cc1. The lowest BCUT2D eigenvalue weighted by atomic mass is 10.1. The number of benzene rings is 3. The summed E-state index contributed by atoms with van der Waals surface area (Å²) in [6, 6.07) is 19.5. The average molecular weight is 441 g/mol. The third-order valence-corrected chi connectivity index (χ3v) is 6.15.